The lowest BCUT2D eigenvalue weighted by Crippen LogP contribution is -2.68. The Labute approximate surface area is 152 Å². The minimum Gasteiger partial charge on any atom is -0.469 e. The highest BCUT2D eigenvalue weighted by atomic mass is 32.1. The number of nitrogens with one attached hydrogen (secondary N) is 2. The van der Waals surface area contributed by atoms with Gasteiger partial charge in [0.15, 0.2) is 5.11 Å². The molecular formula is C18H23N3O3S. The number of methoxy groups -OCH3 is 1. The van der Waals surface area contributed by atoms with Gasteiger partial charge < -0.3 is 20.3 Å². The van der Waals surface area contributed by atoms with Crippen molar-refractivity contribution in [3.05, 3.63) is 30.3 Å². The Kier molecular flexibility index (Phi) is 5.53. The van der Waals surface area contributed by atoms with E-state index in [1.165, 1.54) is 7.11 Å². The van der Waals surface area contributed by atoms with E-state index in [9.17, 15) is 9.59 Å². The van der Waals surface area contributed by atoms with Gasteiger partial charge in [-0.2, -0.15) is 0 Å². The van der Waals surface area contributed by atoms with Crippen molar-refractivity contribution >= 4 is 34.9 Å². The van der Waals surface area contributed by atoms with Crippen LogP contribution in [0.3, 0.4) is 0 Å². The molecule has 2 fully saturated rings. The first-order valence-electron chi connectivity index (χ1n) is 8.61. The van der Waals surface area contributed by atoms with Crippen molar-refractivity contribution in [2.24, 2.45) is 0 Å². The number of carbonyl (C=O) groups is 2. The summed E-state index contributed by atoms with van der Waals surface area (Å²) in [5.41, 5.74) is 0.864. The quantitative estimate of drug-likeness (QED) is 0.634. The molecule has 3 rings (SSSR count). The van der Waals surface area contributed by atoms with E-state index in [-0.39, 0.29) is 24.4 Å². The molecule has 3 atom stereocenters. The number of fused-ring (bicyclic) bond motifs is 1. The Hall–Kier alpha value is -2.15. The second kappa shape index (κ2) is 7.82. The first-order valence-corrected chi connectivity index (χ1v) is 9.02. The molecule has 1 saturated heterocycles. The van der Waals surface area contributed by atoms with Crippen LogP contribution in [0, 0.1) is 0 Å². The second-order valence-electron chi connectivity index (χ2n) is 6.47. The summed E-state index contributed by atoms with van der Waals surface area (Å²) in [6, 6.07) is 9.14. The van der Waals surface area contributed by atoms with E-state index in [2.05, 4.69) is 10.6 Å². The lowest BCUT2D eigenvalue weighted by molar-refractivity contribution is -0.146. The fraction of sp³-hybridized carbons (Fsp3) is 0.500. The molecule has 0 unspecified atom stereocenters. The van der Waals surface area contributed by atoms with Crippen LogP contribution in [0.15, 0.2) is 30.3 Å². The molecular weight excluding hydrogens is 338 g/mol. The first-order chi connectivity index (χ1) is 12.1. The van der Waals surface area contributed by atoms with Gasteiger partial charge in [-0.3, -0.25) is 9.59 Å². The highest BCUT2D eigenvalue weighted by Crippen LogP contribution is 2.30. The van der Waals surface area contributed by atoms with Crippen LogP contribution >= 0.6 is 12.2 Å². The number of carbonyl (C=O) groups excluding carboxylic acids is 2. The molecule has 1 heterocycles. The summed E-state index contributed by atoms with van der Waals surface area (Å²) in [5.74, 6) is -0.576. The number of thiocarbonyl (C=S) groups is 1. The molecule has 1 aromatic carbocycles. The Morgan fingerprint density at radius 3 is 2.76 bits per heavy atom. The molecule has 0 spiro atoms. The average molecular weight is 361 g/mol. The summed E-state index contributed by atoms with van der Waals surface area (Å²) in [6.07, 6.45) is 4.05. The normalized spacial score (nSPS) is 25.6. The summed E-state index contributed by atoms with van der Waals surface area (Å²) in [7, 11) is 1.33. The number of rotatable bonds is 3. The van der Waals surface area contributed by atoms with Gasteiger partial charge >= 0.3 is 5.97 Å². The number of piperazine rings is 1. The van der Waals surface area contributed by atoms with Crippen molar-refractivity contribution < 1.29 is 14.3 Å². The molecule has 0 aromatic heterocycles. The van der Waals surface area contributed by atoms with E-state index < -0.39 is 12.0 Å². The average Bonchev–Trinajstić information content (AvgIpc) is 2.62. The lowest BCUT2D eigenvalue weighted by Gasteiger charge is -2.49. The summed E-state index contributed by atoms with van der Waals surface area (Å²) in [5, 5.41) is 6.76. The molecule has 6 nitrogen and oxygen atoms in total. The molecule has 1 aromatic rings. The van der Waals surface area contributed by atoms with Crippen molar-refractivity contribution in [3.63, 3.8) is 0 Å². The fourth-order valence-electron chi connectivity index (χ4n) is 3.68. The van der Waals surface area contributed by atoms with Gasteiger partial charge in [0.2, 0.25) is 5.91 Å². The minimum atomic E-state index is -0.643. The van der Waals surface area contributed by atoms with Gasteiger partial charge in [-0.05, 0) is 37.2 Å². The highest BCUT2D eigenvalue weighted by Gasteiger charge is 2.44. The van der Waals surface area contributed by atoms with Gasteiger partial charge in [0.1, 0.15) is 6.04 Å². The predicted octanol–water partition coefficient (Wildman–Crippen LogP) is 2.06. The van der Waals surface area contributed by atoms with Crippen molar-refractivity contribution in [3.8, 4) is 0 Å². The number of anilines is 1. The number of esters is 1. The lowest BCUT2D eigenvalue weighted by atomic mass is 9.85. The third-order valence-corrected chi connectivity index (χ3v) is 5.21. The number of ether oxygens (including phenoxy) is 1. The molecule has 1 amide bonds. The summed E-state index contributed by atoms with van der Waals surface area (Å²) in [6.45, 7) is 0. The number of para-hydroxylation sites is 1. The van der Waals surface area contributed by atoms with Gasteiger partial charge in [-0.15, -0.1) is 0 Å². The number of hydrogen-bond donors (Lipinski definition) is 2. The summed E-state index contributed by atoms with van der Waals surface area (Å²) >= 11 is 5.63. The first kappa shape index (κ1) is 17.7. The van der Waals surface area contributed by atoms with Crippen LogP contribution in [0.5, 0.6) is 0 Å². The zero-order valence-electron chi connectivity index (χ0n) is 14.2. The van der Waals surface area contributed by atoms with Gasteiger partial charge in [0.25, 0.3) is 0 Å². The highest BCUT2D eigenvalue weighted by molar-refractivity contribution is 7.80. The zero-order chi connectivity index (χ0) is 17.8. The van der Waals surface area contributed by atoms with Crippen LogP contribution in [-0.2, 0) is 14.3 Å². The van der Waals surface area contributed by atoms with Crippen molar-refractivity contribution in [2.45, 2.75) is 50.2 Å². The Morgan fingerprint density at radius 2 is 2.04 bits per heavy atom. The minimum absolute atomic E-state index is 0.0117. The SMILES string of the molecule is COC(=O)C[C@H]1C(=O)N[C@@H]2CCCC[C@@H]2N1C(=S)Nc1ccccc1. The van der Waals surface area contributed by atoms with Gasteiger partial charge in [0, 0.05) is 11.7 Å². The Balaban J connectivity index is 1.85. The van der Waals surface area contributed by atoms with E-state index in [0.717, 1.165) is 31.4 Å². The number of benzene rings is 1. The number of hydrogen-bond acceptors (Lipinski definition) is 4. The fourth-order valence-corrected chi connectivity index (χ4v) is 4.06. The number of amides is 1. The predicted molar refractivity (Wildman–Crippen MR) is 99.1 cm³/mol. The molecule has 25 heavy (non-hydrogen) atoms. The van der Waals surface area contributed by atoms with E-state index in [1.807, 2.05) is 35.2 Å². The molecule has 7 heteroatoms. The van der Waals surface area contributed by atoms with Gasteiger partial charge in [-0.1, -0.05) is 31.0 Å². The molecule has 134 valence electrons. The smallest absolute Gasteiger partial charge is 0.308 e. The maximum Gasteiger partial charge on any atom is 0.308 e. The van der Waals surface area contributed by atoms with E-state index >= 15 is 0 Å². The Bertz CT molecular complexity index is 652. The maximum absolute atomic E-state index is 12.6. The zero-order valence-corrected chi connectivity index (χ0v) is 15.1. The molecule has 2 aliphatic rings. The molecule has 2 N–H and O–H groups in total. The molecule has 1 saturated carbocycles. The van der Waals surface area contributed by atoms with Crippen LogP contribution in [0.4, 0.5) is 5.69 Å². The van der Waals surface area contributed by atoms with Gasteiger partial charge in [0.05, 0.1) is 19.6 Å². The monoisotopic (exact) mass is 361 g/mol. The largest absolute Gasteiger partial charge is 0.469 e. The van der Waals surface area contributed by atoms with Crippen molar-refractivity contribution in [1.29, 1.82) is 0 Å². The maximum atomic E-state index is 12.6. The van der Waals surface area contributed by atoms with E-state index in [0.29, 0.717) is 5.11 Å². The van der Waals surface area contributed by atoms with Crippen LogP contribution in [-0.4, -0.2) is 47.1 Å². The summed E-state index contributed by atoms with van der Waals surface area (Å²) < 4.78 is 4.77. The van der Waals surface area contributed by atoms with E-state index in [4.69, 9.17) is 17.0 Å². The molecule has 1 aliphatic carbocycles. The third kappa shape index (κ3) is 3.92. The van der Waals surface area contributed by atoms with Crippen LogP contribution in [0.2, 0.25) is 0 Å². The van der Waals surface area contributed by atoms with Crippen molar-refractivity contribution in [1.82, 2.24) is 10.2 Å². The Morgan fingerprint density at radius 1 is 1.32 bits per heavy atom. The van der Waals surface area contributed by atoms with Crippen molar-refractivity contribution in [2.75, 3.05) is 12.4 Å². The standard InChI is InChI=1S/C18H23N3O3S/c1-24-16(22)11-15-17(23)20-13-9-5-6-10-14(13)21(15)18(25)19-12-7-3-2-4-8-12/h2-4,7-8,13-15H,5-6,9-11H2,1H3,(H,19,25)(H,20,23)/t13-,14+,15+/m1/s1. The molecule has 1 aliphatic heterocycles. The van der Waals surface area contributed by atoms with Crippen LogP contribution < -0.4 is 10.6 Å². The topological polar surface area (TPSA) is 70.7 Å². The second-order valence-corrected chi connectivity index (χ2v) is 6.85. The molecule has 0 bridgehead atoms. The third-order valence-electron chi connectivity index (χ3n) is 4.90. The number of nitrogens with zero attached hydrogens (tertiary/aromatic N) is 1. The summed E-state index contributed by atoms with van der Waals surface area (Å²) in [4.78, 5) is 26.4. The van der Waals surface area contributed by atoms with Crippen LogP contribution in [0.25, 0.3) is 0 Å². The van der Waals surface area contributed by atoms with Crippen LogP contribution in [0.1, 0.15) is 32.1 Å². The van der Waals surface area contributed by atoms with E-state index in [1.54, 1.807) is 0 Å². The van der Waals surface area contributed by atoms with Gasteiger partial charge in [-0.25, -0.2) is 0 Å². The molecule has 0 radical (unpaired) electrons.